The number of nitrogens with zero attached hydrogens (tertiary/aromatic N) is 1. The number of amides is 2. The van der Waals surface area contributed by atoms with Crippen molar-refractivity contribution < 1.29 is 9.59 Å². The second-order valence-corrected chi connectivity index (χ2v) is 5.48. The first kappa shape index (κ1) is 13.9. The lowest BCUT2D eigenvalue weighted by molar-refractivity contribution is 0.0643. The molecule has 4 nitrogen and oxygen atoms in total. The van der Waals surface area contributed by atoms with E-state index in [0.29, 0.717) is 26.9 Å². The summed E-state index contributed by atoms with van der Waals surface area (Å²) in [7, 11) is 0. The number of rotatable bonds is 2. The Bertz CT molecular complexity index is 754. The first-order valence-electron chi connectivity index (χ1n) is 6.18. The molecule has 0 saturated carbocycles. The Morgan fingerprint density at radius 2 is 1.57 bits per heavy atom. The van der Waals surface area contributed by atoms with Gasteiger partial charge in [-0.3, -0.25) is 14.5 Å². The van der Waals surface area contributed by atoms with Crippen LogP contribution in [0, 0.1) is 0 Å². The van der Waals surface area contributed by atoms with Gasteiger partial charge < -0.3 is 5.73 Å². The van der Waals surface area contributed by atoms with Gasteiger partial charge in [-0.15, -0.1) is 0 Å². The van der Waals surface area contributed by atoms with Crippen LogP contribution >= 0.6 is 23.2 Å². The molecule has 2 aromatic rings. The van der Waals surface area contributed by atoms with Gasteiger partial charge in [-0.2, -0.15) is 0 Å². The van der Waals surface area contributed by atoms with Gasteiger partial charge in [0.1, 0.15) is 0 Å². The Morgan fingerprint density at radius 1 is 0.952 bits per heavy atom. The van der Waals surface area contributed by atoms with Crippen LogP contribution in [0.1, 0.15) is 26.3 Å². The zero-order valence-corrected chi connectivity index (χ0v) is 12.3. The van der Waals surface area contributed by atoms with Gasteiger partial charge in [0.05, 0.1) is 17.7 Å². The molecule has 0 saturated heterocycles. The van der Waals surface area contributed by atoms with Crippen LogP contribution in [0.3, 0.4) is 0 Å². The highest BCUT2D eigenvalue weighted by Gasteiger charge is 2.37. The van der Waals surface area contributed by atoms with Gasteiger partial charge >= 0.3 is 0 Å². The molecular weight excluding hydrogens is 311 g/mol. The molecule has 3 rings (SSSR count). The first-order chi connectivity index (χ1) is 10.0. The summed E-state index contributed by atoms with van der Waals surface area (Å²) < 4.78 is 0. The molecule has 106 valence electrons. The number of benzene rings is 2. The van der Waals surface area contributed by atoms with Crippen molar-refractivity contribution in [2.45, 2.75) is 6.54 Å². The normalized spacial score (nSPS) is 13.7. The second-order valence-electron chi connectivity index (χ2n) is 4.67. The average molecular weight is 321 g/mol. The van der Waals surface area contributed by atoms with E-state index in [9.17, 15) is 9.59 Å². The Morgan fingerprint density at radius 3 is 2.19 bits per heavy atom. The Labute approximate surface area is 131 Å². The highest BCUT2D eigenvalue weighted by atomic mass is 35.5. The number of fused-ring (bicyclic) bond motifs is 1. The monoisotopic (exact) mass is 320 g/mol. The van der Waals surface area contributed by atoms with Crippen LogP contribution in [0.4, 0.5) is 5.69 Å². The van der Waals surface area contributed by atoms with Gasteiger partial charge in [0.2, 0.25) is 0 Å². The standard InChI is InChI=1S/C15H10Cl2N2O2/c16-10-4-2-5-11(17)9(10)7-19-14(20)8-3-1-6-12(18)13(8)15(19)21/h1-6H,7,18H2. The van der Waals surface area contributed by atoms with Gasteiger partial charge in [-0.1, -0.05) is 35.3 Å². The predicted octanol–water partition coefficient (Wildman–Crippen LogP) is 3.37. The fourth-order valence-electron chi connectivity index (χ4n) is 2.34. The van der Waals surface area contributed by atoms with Crippen LogP contribution in [0.15, 0.2) is 36.4 Å². The van der Waals surface area contributed by atoms with Gasteiger partial charge in [-0.05, 0) is 24.3 Å². The number of anilines is 1. The van der Waals surface area contributed by atoms with E-state index in [0.717, 1.165) is 4.90 Å². The number of imide groups is 1. The van der Waals surface area contributed by atoms with Crippen molar-refractivity contribution in [3.8, 4) is 0 Å². The lowest BCUT2D eigenvalue weighted by Gasteiger charge is -2.16. The fraction of sp³-hybridized carbons (Fsp3) is 0.0667. The molecule has 0 unspecified atom stereocenters. The Hall–Kier alpha value is -2.04. The summed E-state index contributed by atoms with van der Waals surface area (Å²) in [6, 6.07) is 9.85. The molecule has 0 atom stereocenters. The van der Waals surface area contributed by atoms with Crippen molar-refractivity contribution in [1.29, 1.82) is 0 Å². The number of nitrogens with two attached hydrogens (primary N) is 1. The molecule has 21 heavy (non-hydrogen) atoms. The van der Waals surface area contributed by atoms with Crippen LogP contribution in [0.2, 0.25) is 10.0 Å². The third kappa shape index (κ3) is 2.17. The quantitative estimate of drug-likeness (QED) is 0.681. The third-order valence-corrected chi connectivity index (χ3v) is 4.12. The summed E-state index contributed by atoms with van der Waals surface area (Å²) in [5.74, 6) is -0.817. The molecule has 0 aliphatic carbocycles. The number of nitrogen functional groups attached to an aromatic ring is 1. The molecule has 2 N–H and O–H groups in total. The zero-order chi connectivity index (χ0) is 15.1. The van der Waals surface area contributed by atoms with Crippen LogP contribution in [-0.2, 0) is 6.54 Å². The molecule has 1 heterocycles. The van der Waals surface area contributed by atoms with E-state index in [1.807, 2.05) is 0 Å². The summed E-state index contributed by atoms with van der Waals surface area (Å²) in [5.41, 5.74) is 7.16. The van der Waals surface area contributed by atoms with Gasteiger partial charge in [0, 0.05) is 21.3 Å². The largest absolute Gasteiger partial charge is 0.398 e. The van der Waals surface area contributed by atoms with E-state index in [1.54, 1.807) is 36.4 Å². The molecule has 2 amide bonds. The van der Waals surface area contributed by atoms with E-state index in [1.165, 1.54) is 0 Å². The summed E-state index contributed by atoms with van der Waals surface area (Å²) in [6.45, 7) is 0.0181. The fourth-order valence-corrected chi connectivity index (χ4v) is 2.86. The van der Waals surface area contributed by atoms with Crippen LogP contribution in [0.5, 0.6) is 0 Å². The van der Waals surface area contributed by atoms with Gasteiger partial charge in [-0.25, -0.2) is 0 Å². The summed E-state index contributed by atoms with van der Waals surface area (Å²) in [6.07, 6.45) is 0. The van der Waals surface area contributed by atoms with E-state index < -0.39 is 11.8 Å². The maximum atomic E-state index is 12.4. The van der Waals surface area contributed by atoms with E-state index in [2.05, 4.69) is 0 Å². The molecule has 1 aliphatic rings. The van der Waals surface area contributed by atoms with Crippen LogP contribution in [-0.4, -0.2) is 16.7 Å². The summed E-state index contributed by atoms with van der Waals surface area (Å²) in [5, 5.41) is 0.819. The molecule has 0 radical (unpaired) electrons. The molecule has 1 aliphatic heterocycles. The van der Waals surface area contributed by atoms with Gasteiger partial charge in [0.15, 0.2) is 0 Å². The van der Waals surface area contributed by atoms with E-state index >= 15 is 0 Å². The number of carbonyl (C=O) groups excluding carboxylic acids is 2. The average Bonchev–Trinajstić information content (AvgIpc) is 2.68. The first-order valence-corrected chi connectivity index (χ1v) is 6.94. The predicted molar refractivity (Wildman–Crippen MR) is 81.5 cm³/mol. The van der Waals surface area contributed by atoms with Crippen molar-refractivity contribution in [2.75, 3.05) is 5.73 Å². The smallest absolute Gasteiger partial charge is 0.263 e. The highest BCUT2D eigenvalue weighted by Crippen LogP contribution is 2.32. The molecule has 2 aromatic carbocycles. The zero-order valence-electron chi connectivity index (χ0n) is 10.8. The highest BCUT2D eigenvalue weighted by molar-refractivity contribution is 6.36. The molecule has 0 aromatic heterocycles. The summed E-state index contributed by atoms with van der Waals surface area (Å²) >= 11 is 12.2. The van der Waals surface area contributed by atoms with Crippen molar-refractivity contribution in [3.05, 3.63) is 63.1 Å². The van der Waals surface area contributed by atoms with E-state index in [4.69, 9.17) is 28.9 Å². The SMILES string of the molecule is Nc1cccc2c1C(=O)N(Cc1c(Cl)cccc1Cl)C2=O. The molecular formula is C15H10Cl2N2O2. The topological polar surface area (TPSA) is 63.4 Å². The van der Waals surface area contributed by atoms with Crippen molar-refractivity contribution in [3.63, 3.8) is 0 Å². The van der Waals surface area contributed by atoms with Crippen LogP contribution in [0.25, 0.3) is 0 Å². The lowest BCUT2D eigenvalue weighted by Crippen LogP contribution is -2.29. The van der Waals surface area contributed by atoms with E-state index in [-0.39, 0.29) is 12.1 Å². The maximum absolute atomic E-state index is 12.4. The molecule has 0 spiro atoms. The molecule has 0 bridgehead atoms. The minimum atomic E-state index is -0.427. The Kier molecular flexibility index (Phi) is 3.35. The lowest BCUT2D eigenvalue weighted by atomic mass is 10.1. The van der Waals surface area contributed by atoms with Crippen molar-refractivity contribution in [2.24, 2.45) is 0 Å². The summed E-state index contributed by atoms with van der Waals surface area (Å²) in [4.78, 5) is 25.8. The van der Waals surface area contributed by atoms with Crippen LogP contribution < -0.4 is 5.73 Å². The molecule has 0 fully saturated rings. The van der Waals surface area contributed by atoms with Crippen molar-refractivity contribution in [1.82, 2.24) is 4.90 Å². The number of halogens is 2. The van der Waals surface area contributed by atoms with Crippen molar-refractivity contribution >= 4 is 40.7 Å². The minimum Gasteiger partial charge on any atom is -0.398 e. The minimum absolute atomic E-state index is 0.0181. The number of hydrogen-bond acceptors (Lipinski definition) is 3. The number of hydrogen-bond donors (Lipinski definition) is 1. The Balaban J connectivity index is 2.01. The number of carbonyl (C=O) groups is 2. The molecule has 6 heteroatoms. The third-order valence-electron chi connectivity index (χ3n) is 3.41. The van der Waals surface area contributed by atoms with Gasteiger partial charge in [0.25, 0.3) is 11.8 Å². The second kappa shape index (κ2) is 5.06. The maximum Gasteiger partial charge on any atom is 0.263 e.